The Morgan fingerprint density at radius 1 is 1.33 bits per heavy atom. The highest BCUT2D eigenvalue weighted by molar-refractivity contribution is 7.99. The van der Waals surface area contributed by atoms with Crippen molar-refractivity contribution in [2.45, 2.75) is 33.4 Å². The zero-order valence-corrected chi connectivity index (χ0v) is 14.8. The minimum absolute atomic E-state index is 0.000535. The van der Waals surface area contributed by atoms with Crippen molar-refractivity contribution in [3.63, 3.8) is 0 Å². The molecule has 0 aliphatic carbocycles. The Balaban J connectivity index is 1.67. The van der Waals surface area contributed by atoms with Crippen molar-refractivity contribution in [2.24, 2.45) is 5.41 Å². The second-order valence-corrected chi connectivity index (χ2v) is 7.80. The molecular weight excluding hydrogens is 326 g/mol. The molecule has 1 N–H and O–H groups in total. The van der Waals surface area contributed by atoms with E-state index < -0.39 is 11.5 Å². The molecule has 3 heterocycles. The van der Waals surface area contributed by atoms with Crippen LogP contribution >= 0.6 is 11.8 Å². The quantitative estimate of drug-likeness (QED) is 0.905. The van der Waals surface area contributed by atoms with Gasteiger partial charge in [-0.05, 0) is 12.1 Å². The van der Waals surface area contributed by atoms with Gasteiger partial charge in [0.2, 0.25) is 11.8 Å². The number of thioether (sulfide) groups is 1. The van der Waals surface area contributed by atoms with Crippen LogP contribution in [-0.4, -0.2) is 49.0 Å². The van der Waals surface area contributed by atoms with Gasteiger partial charge in [0.05, 0.1) is 12.4 Å². The number of pyridine rings is 1. The maximum absolute atomic E-state index is 12.5. The molecular formula is C16H21N5O2S. The van der Waals surface area contributed by atoms with Crippen LogP contribution in [0.5, 0.6) is 0 Å². The zero-order valence-electron chi connectivity index (χ0n) is 14.0. The highest BCUT2D eigenvalue weighted by Gasteiger charge is 2.38. The van der Waals surface area contributed by atoms with Gasteiger partial charge in [0, 0.05) is 17.4 Å². The Morgan fingerprint density at radius 3 is 2.88 bits per heavy atom. The number of carbonyl (C=O) groups is 2. The summed E-state index contributed by atoms with van der Waals surface area (Å²) >= 11 is 1.60. The summed E-state index contributed by atoms with van der Waals surface area (Å²) in [6, 6.07) is 5.20. The van der Waals surface area contributed by atoms with Crippen molar-refractivity contribution in [1.29, 1.82) is 0 Å². The monoisotopic (exact) mass is 347 g/mol. The zero-order chi connectivity index (χ0) is 17.3. The molecule has 7 nitrogen and oxygen atoms in total. The number of rotatable bonds is 3. The molecule has 8 heteroatoms. The lowest BCUT2D eigenvalue weighted by Gasteiger charge is -2.29. The summed E-state index contributed by atoms with van der Waals surface area (Å²) in [5.41, 5.74) is 0.245. The normalized spacial score (nSPS) is 18.1. The molecule has 1 atom stereocenters. The molecule has 0 bridgehead atoms. The maximum atomic E-state index is 12.5. The molecule has 2 aromatic heterocycles. The van der Waals surface area contributed by atoms with E-state index in [1.807, 2.05) is 49.6 Å². The van der Waals surface area contributed by atoms with Gasteiger partial charge in [-0.25, -0.2) is 0 Å². The summed E-state index contributed by atoms with van der Waals surface area (Å²) < 4.78 is 1.84. The van der Waals surface area contributed by atoms with Crippen molar-refractivity contribution in [3.05, 3.63) is 30.2 Å². The Hall–Kier alpha value is -2.09. The minimum atomic E-state index is -0.493. The topological polar surface area (TPSA) is 79.6 Å². The molecule has 1 saturated heterocycles. The van der Waals surface area contributed by atoms with Crippen molar-refractivity contribution < 1.29 is 9.59 Å². The van der Waals surface area contributed by atoms with Gasteiger partial charge in [-0.15, -0.1) is 22.0 Å². The Morgan fingerprint density at radius 2 is 2.12 bits per heavy atom. The third-order valence-electron chi connectivity index (χ3n) is 3.89. The molecule has 24 heavy (non-hydrogen) atoms. The number of carbonyl (C=O) groups excluding carboxylic acids is 2. The van der Waals surface area contributed by atoms with E-state index in [0.717, 1.165) is 5.65 Å². The lowest BCUT2D eigenvalue weighted by Crippen LogP contribution is -2.50. The molecule has 0 spiro atoms. The summed E-state index contributed by atoms with van der Waals surface area (Å²) in [5.74, 6) is 1.69. The molecule has 128 valence electrons. The standard InChI is InChI=1S/C16H21N5O2S/c1-16(2,3)15(23)21-10-24-9-11(21)14(22)17-8-13-19-18-12-6-4-5-7-20(12)13/h4-7,11H,8-10H2,1-3H3,(H,17,22)/t11-/m1/s1. The molecule has 0 saturated carbocycles. The maximum Gasteiger partial charge on any atom is 0.244 e. The summed E-state index contributed by atoms with van der Waals surface area (Å²) in [4.78, 5) is 26.7. The molecule has 1 fully saturated rings. The van der Waals surface area contributed by atoms with Crippen LogP contribution in [0.2, 0.25) is 0 Å². The van der Waals surface area contributed by atoms with Crippen LogP contribution in [0.3, 0.4) is 0 Å². The van der Waals surface area contributed by atoms with E-state index in [4.69, 9.17) is 0 Å². The first-order valence-electron chi connectivity index (χ1n) is 7.83. The summed E-state index contributed by atoms with van der Waals surface area (Å²) in [5, 5.41) is 11.0. The molecule has 2 aromatic rings. The van der Waals surface area contributed by atoms with E-state index in [0.29, 0.717) is 17.5 Å². The number of nitrogens with one attached hydrogen (secondary N) is 1. The molecule has 0 unspecified atom stereocenters. The van der Waals surface area contributed by atoms with Gasteiger partial charge in [-0.2, -0.15) is 0 Å². The number of aromatic nitrogens is 3. The fourth-order valence-electron chi connectivity index (χ4n) is 2.59. The Labute approximate surface area is 144 Å². The van der Waals surface area contributed by atoms with Gasteiger partial charge < -0.3 is 10.2 Å². The van der Waals surface area contributed by atoms with E-state index >= 15 is 0 Å². The van der Waals surface area contributed by atoms with Gasteiger partial charge in [0.25, 0.3) is 0 Å². The first kappa shape index (κ1) is 16.8. The second kappa shape index (κ2) is 6.43. The fourth-order valence-corrected chi connectivity index (χ4v) is 3.74. The Bertz CT molecular complexity index is 767. The SMILES string of the molecule is CC(C)(C)C(=O)N1CSC[C@@H]1C(=O)NCc1nnc2ccccn12. The predicted octanol–water partition coefficient (Wildman–Crippen LogP) is 1.29. The first-order chi connectivity index (χ1) is 11.4. The molecule has 0 radical (unpaired) electrons. The van der Waals surface area contributed by atoms with Gasteiger partial charge in [0.15, 0.2) is 11.5 Å². The van der Waals surface area contributed by atoms with Crippen molar-refractivity contribution in [1.82, 2.24) is 24.8 Å². The van der Waals surface area contributed by atoms with Crippen molar-refractivity contribution in [3.8, 4) is 0 Å². The highest BCUT2D eigenvalue weighted by Crippen LogP contribution is 2.27. The van der Waals surface area contributed by atoms with E-state index in [-0.39, 0.29) is 18.4 Å². The lowest BCUT2D eigenvalue weighted by atomic mass is 9.94. The van der Waals surface area contributed by atoms with E-state index in [1.54, 1.807) is 16.7 Å². The second-order valence-electron chi connectivity index (χ2n) is 6.80. The van der Waals surface area contributed by atoms with E-state index in [1.165, 1.54) is 0 Å². The number of hydrogen-bond donors (Lipinski definition) is 1. The van der Waals surface area contributed by atoms with Gasteiger partial charge in [0.1, 0.15) is 6.04 Å². The smallest absolute Gasteiger partial charge is 0.244 e. The summed E-state index contributed by atoms with van der Waals surface area (Å²) in [7, 11) is 0. The third-order valence-corrected chi connectivity index (χ3v) is 4.90. The minimum Gasteiger partial charge on any atom is -0.347 e. The third kappa shape index (κ3) is 3.24. The van der Waals surface area contributed by atoms with Gasteiger partial charge in [-0.1, -0.05) is 26.8 Å². The van der Waals surface area contributed by atoms with Crippen LogP contribution < -0.4 is 5.32 Å². The summed E-state index contributed by atoms with van der Waals surface area (Å²) in [6.07, 6.45) is 1.86. The number of amides is 2. The number of nitrogens with zero attached hydrogens (tertiary/aromatic N) is 4. The first-order valence-corrected chi connectivity index (χ1v) is 8.98. The van der Waals surface area contributed by atoms with Crippen molar-refractivity contribution in [2.75, 3.05) is 11.6 Å². The fraction of sp³-hybridized carbons (Fsp3) is 0.500. The van der Waals surface area contributed by atoms with Crippen LogP contribution in [-0.2, 0) is 16.1 Å². The van der Waals surface area contributed by atoms with E-state index in [2.05, 4.69) is 15.5 Å². The van der Waals surface area contributed by atoms with Crippen LogP contribution in [0.1, 0.15) is 26.6 Å². The largest absolute Gasteiger partial charge is 0.347 e. The average molecular weight is 347 g/mol. The van der Waals surface area contributed by atoms with Crippen LogP contribution in [0.25, 0.3) is 5.65 Å². The lowest BCUT2D eigenvalue weighted by molar-refractivity contribution is -0.144. The molecule has 0 aromatic carbocycles. The van der Waals surface area contributed by atoms with Crippen molar-refractivity contribution >= 4 is 29.2 Å². The average Bonchev–Trinajstić information content (AvgIpc) is 3.18. The van der Waals surface area contributed by atoms with Gasteiger partial charge in [-0.3, -0.25) is 14.0 Å². The van der Waals surface area contributed by atoms with Crippen LogP contribution in [0.15, 0.2) is 24.4 Å². The van der Waals surface area contributed by atoms with Gasteiger partial charge >= 0.3 is 0 Å². The van der Waals surface area contributed by atoms with Crippen LogP contribution in [0.4, 0.5) is 0 Å². The number of hydrogen-bond acceptors (Lipinski definition) is 5. The van der Waals surface area contributed by atoms with E-state index in [9.17, 15) is 9.59 Å². The number of fused-ring (bicyclic) bond motifs is 1. The highest BCUT2D eigenvalue weighted by atomic mass is 32.2. The molecule has 1 aliphatic heterocycles. The summed E-state index contributed by atoms with van der Waals surface area (Å²) in [6.45, 7) is 5.89. The molecule has 3 rings (SSSR count). The molecule has 2 amide bonds. The predicted molar refractivity (Wildman–Crippen MR) is 92.2 cm³/mol. The molecule has 1 aliphatic rings. The Kier molecular flexibility index (Phi) is 4.49. The van der Waals surface area contributed by atoms with Crippen LogP contribution in [0, 0.1) is 5.41 Å².